The van der Waals surface area contributed by atoms with Crippen LogP contribution in [0.4, 0.5) is 10.2 Å². The molecule has 0 radical (unpaired) electrons. The molecular formula is C15H21FN4O. The number of nitrogens with one attached hydrogen (secondary N) is 1. The molecule has 114 valence electrons. The summed E-state index contributed by atoms with van der Waals surface area (Å²) in [5.41, 5.74) is 0. The second kappa shape index (κ2) is 7.17. The Morgan fingerprint density at radius 2 is 2.38 bits per heavy atom. The van der Waals surface area contributed by atoms with Crippen molar-refractivity contribution in [2.75, 3.05) is 37.6 Å². The van der Waals surface area contributed by atoms with Crippen molar-refractivity contribution in [2.24, 2.45) is 0 Å². The molecule has 21 heavy (non-hydrogen) atoms. The molecular weight excluding hydrogens is 271 g/mol. The fraction of sp³-hybridized carbons (Fsp3) is 0.467. The Morgan fingerprint density at radius 3 is 3.05 bits per heavy atom. The Hall–Kier alpha value is -1.95. The van der Waals surface area contributed by atoms with Crippen molar-refractivity contribution in [3.8, 4) is 0 Å². The maximum Gasteiger partial charge on any atom is 0.234 e. The molecule has 1 aromatic rings. The smallest absolute Gasteiger partial charge is 0.234 e. The van der Waals surface area contributed by atoms with Gasteiger partial charge in [-0.1, -0.05) is 12.1 Å². The van der Waals surface area contributed by atoms with E-state index in [1.54, 1.807) is 12.1 Å². The van der Waals surface area contributed by atoms with Crippen molar-refractivity contribution in [2.45, 2.75) is 13.0 Å². The molecule has 1 N–H and O–H groups in total. The zero-order valence-electron chi connectivity index (χ0n) is 12.3. The summed E-state index contributed by atoms with van der Waals surface area (Å²) in [7, 11) is 0. The van der Waals surface area contributed by atoms with Crippen LogP contribution in [-0.4, -0.2) is 54.6 Å². The summed E-state index contributed by atoms with van der Waals surface area (Å²) in [6, 6.07) is 5.00. The van der Waals surface area contributed by atoms with Crippen LogP contribution in [0.5, 0.6) is 0 Å². The molecule has 2 heterocycles. The van der Waals surface area contributed by atoms with Gasteiger partial charge in [-0.25, -0.2) is 4.98 Å². The third-order valence-electron chi connectivity index (χ3n) is 3.52. The summed E-state index contributed by atoms with van der Waals surface area (Å²) in [5.74, 6) is 0.184. The fourth-order valence-electron chi connectivity index (χ4n) is 2.52. The topological polar surface area (TPSA) is 48.5 Å². The Kier molecular flexibility index (Phi) is 5.27. The summed E-state index contributed by atoms with van der Waals surface area (Å²) < 4.78 is 13.2. The van der Waals surface area contributed by atoms with Gasteiger partial charge in [-0.2, -0.15) is 4.39 Å². The number of halogens is 1. The lowest BCUT2D eigenvalue weighted by atomic mass is 10.2. The zero-order chi connectivity index (χ0) is 15.2. The number of rotatable bonds is 5. The number of amides is 1. The molecule has 0 bridgehead atoms. The highest BCUT2D eigenvalue weighted by Crippen LogP contribution is 2.18. The highest BCUT2D eigenvalue weighted by atomic mass is 19.1. The van der Waals surface area contributed by atoms with Crippen LogP contribution in [0, 0.1) is 5.95 Å². The van der Waals surface area contributed by atoms with Crippen LogP contribution >= 0.6 is 0 Å². The van der Waals surface area contributed by atoms with E-state index < -0.39 is 5.95 Å². The third-order valence-corrected chi connectivity index (χ3v) is 3.52. The van der Waals surface area contributed by atoms with Crippen LogP contribution in [0.3, 0.4) is 0 Å². The minimum Gasteiger partial charge on any atom is -0.352 e. The number of carbonyl (C=O) groups is 1. The van der Waals surface area contributed by atoms with Gasteiger partial charge in [0.1, 0.15) is 5.82 Å². The standard InChI is InChI=1S/C15H21FN4O/c1-3-7-17-15(21)11-19-8-9-20(12(2)10-19)14-6-4-5-13(16)18-14/h3-6,12H,1,7-11H2,2H3,(H,17,21). The Labute approximate surface area is 124 Å². The van der Waals surface area contributed by atoms with Crippen molar-refractivity contribution < 1.29 is 9.18 Å². The first-order valence-electron chi connectivity index (χ1n) is 7.09. The first-order chi connectivity index (χ1) is 10.1. The first kappa shape index (κ1) is 15.4. The lowest BCUT2D eigenvalue weighted by Crippen LogP contribution is -2.54. The first-order valence-corrected chi connectivity index (χ1v) is 7.09. The van der Waals surface area contributed by atoms with Gasteiger partial charge in [0.05, 0.1) is 6.54 Å². The van der Waals surface area contributed by atoms with E-state index in [1.165, 1.54) is 6.07 Å². The molecule has 1 aromatic heterocycles. The van der Waals surface area contributed by atoms with Crippen molar-refractivity contribution in [3.05, 3.63) is 36.8 Å². The number of pyridine rings is 1. The van der Waals surface area contributed by atoms with E-state index in [4.69, 9.17) is 0 Å². The van der Waals surface area contributed by atoms with Crippen LogP contribution in [0.25, 0.3) is 0 Å². The van der Waals surface area contributed by atoms with E-state index in [1.807, 2.05) is 6.07 Å². The minimum absolute atomic E-state index is 0.000527. The molecule has 1 aliphatic rings. The average molecular weight is 292 g/mol. The average Bonchev–Trinajstić information content (AvgIpc) is 2.45. The van der Waals surface area contributed by atoms with Crippen molar-refractivity contribution in [3.63, 3.8) is 0 Å². The summed E-state index contributed by atoms with van der Waals surface area (Å²) in [4.78, 5) is 19.8. The number of hydrogen-bond acceptors (Lipinski definition) is 4. The molecule has 2 rings (SSSR count). The molecule has 1 saturated heterocycles. The maximum atomic E-state index is 13.2. The molecule has 1 aliphatic heterocycles. The molecule has 1 fully saturated rings. The van der Waals surface area contributed by atoms with Crippen LogP contribution in [-0.2, 0) is 4.79 Å². The van der Waals surface area contributed by atoms with Gasteiger partial charge in [0.25, 0.3) is 0 Å². The van der Waals surface area contributed by atoms with E-state index in [2.05, 4.69) is 33.6 Å². The maximum absolute atomic E-state index is 13.2. The number of aromatic nitrogens is 1. The molecule has 0 spiro atoms. The van der Waals surface area contributed by atoms with Crippen LogP contribution in [0.1, 0.15) is 6.92 Å². The second-order valence-electron chi connectivity index (χ2n) is 5.19. The molecule has 1 amide bonds. The van der Waals surface area contributed by atoms with Gasteiger partial charge in [0.2, 0.25) is 11.9 Å². The Balaban J connectivity index is 1.90. The van der Waals surface area contributed by atoms with Gasteiger partial charge in [0.15, 0.2) is 0 Å². The predicted octanol–water partition coefficient (Wildman–Crippen LogP) is 1.03. The van der Waals surface area contributed by atoms with Crippen molar-refractivity contribution >= 4 is 11.7 Å². The predicted molar refractivity (Wildman–Crippen MR) is 80.6 cm³/mol. The second-order valence-corrected chi connectivity index (χ2v) is 5.19. The van der Waals surface area contributed by atoms with E-state index >= 15 is 0 Å². The van der Waals surface area contributed by atoms with E-state index in [-0.39, 0.29) is 11.9 Å². The van der Waals surface area contributed by atoms with E-state index in [9.17, 15) is 9.18 Å². The van der Waals surface area contributed by atoms with Gasteiger partial charge >= 0.3 is 0 Å². The SMILES string of the molecule is C=CCNC(=O)CN1CCN(c2cccc(F)n2)C(C)C1. The zero-order valence-corrected chi connectivity index (χ0v) is 12.3. The fourth-order valence-corrected chi connectivity index (χ4v) is 2.52. The van der Waals surface area contributed by atoms with Crippen molar-refractivity contribution in [1.82, 2.24) is 15.2 Å². The lowest BCUT2D eigenvalue weighted by molar-refractivity contribution is -0.122. The lowest BCUT2D eigenvalue weighted by Gasteiger charge is -2.40. The summed E-state index contributed by atoms with van der Waals surface area (Å²) in [5, 5.41) is 2.77. The summed E-state index contributed by atoms with van der Waals surface area (Å²) >= 11 is 0. The normalized spacial score (nSPS) is 19.3. The Bertz CT molecular complexity index is 508. The Morgan fingerprint density at radius 1 is 1.57 bits per heavy atom. The summed E-state index contributed by atoms with van der Waals surface area (Å²) in [6.45, 7) is 8.72. The molecule has 6 heteroatoms. The van der Waals surface area contributed by atoms with Gasteiger partial charge in [-0.15, -0.1) is 6.58 Å². The van der Waals surface area contributed by atoms with Gasteiger partial charge in [-0.3, -0.25) is 9.69 Å². The van der Waals surface area contributed by atoms with Crippen LogP contribution in [0.15, 0.2) is 30.9 Å². The van der Waals surface area contributed by atoms with Crippen molar-refractivity contribution in [1.29, 1.82) is 0 Å². The molecule has 0 aromatic carbocycles. The molecule has 1 unspecified atom stereocenters. The molecule has 1 atom stereocenters. The van der Waals surface area contributed by atoms with Gasteiger partial charge < -0.3 is 10.2 Å². The minimum atomic E-state index is -0.467. The number of nitrogens with zero attached hydrogens (tertiary/aromatic N) is 3. The molecule has 5 nitrogen and oxygen atoms in total. The van der Waals surface area contributed by atoms with E-state index in [0.29, 0.717) is 18.9 Å². The number of piperazine rings is 1. The van der Waals surface area contributed by atoms with E-state index in [0.717, 1.165) is 19.6 Å². The molecule has 0 saturated carbocycles. The van der Waals surface area contributed by atoms with Crippen LogP contribution < -0.4 is 10.2 Å². The quantitative estimate of drug-likeness (QED) is 0.650. The number of hydrogen-bond donors (Lipinski definition) is 1. The summed E-state index contributed by atoms with van der Waals surface area (Å²) in [6.07, 6.45) is 1.66. The van der Waals surface area contributed by atoms with Crippen LogP contribution in [0.2, 0.25) is 0 Å². The monoisotopic (exact) mass is 292 g/mol. The largest absolute Gasteiger partial charge is 0.352 e. The number of anilines is 1. The number of carbonyl (C=O) groups excluding carboxylic acids is 1. The highest BCUT2D eigenvalue weighted by Gasteiger charge is 2.25. The third kappa shape index (κ3) is 4.26. The van der Waals surface area contributed by atoms with Gasteiger partial charge in [0, 0.05) is 32.2 Å². The highest BCUT2D eigenvalue weighted by molar-refractivity contribution is 5.78. The molecule has 0 aliphatic carbocycles. The van der Waals surface area contributed by atoms with Gasteiger partial charge in [-0.05, 0) is 19.1 Å².